The summed E-state index contributed by atoms with van der Waals surface area (Å²) in [5, 5.41) is 2.94. The van der Waals surface area contributed by atoms with E-state index in [0.29, 0.717) is 12.1 Å². The van der Waals surface area contributed by atoms with Gasteiger partial charge in [0.1, 0.15) is 4.70 Å². The molecule has 2 aromatic carbocycles. The van der Waals surface area contributed by atoms with Gasteiger partial charge in [-0.25, -0.2) is 18.6 Å². The van der Waals surface area contributed by atoms with Gasteiger partial charge < -0.3 is 4.90 Å². The molecule has 3 aliphatic rings. The average Bonchev–Trinajstić information content (AvgIpc) is 3.52. The molecule has 3 aromatic rings. The smallest absolute Gasteiger partial charge is 0.266 e. The van der Waals surface area contributed by atoms with Crippen LogP contribution < -0.4 is 28.1 Å². The van der Waals surface area contributed by atoms with Crippen molar-refractivity contribution in [2.24, 2.45) is 0 Å². The fraction of sp³-hybridized carbons (Fsp3) is 0.320. The van der Waals surface area contributed by atoms with Crippen LogP contribution in [0.2, 0.25) is 0 Å². The second kappa shape index (κ2) is 9.28. The van der Waals surface area contributed by atoms with Crippen LogP contribution in [0.3, 0.4) is 0 Å². The highest BCUT2D eigenvalue weighted by atomic mass is 35.7. The van der Waals surface area contributed by atoms with E-state index >= 15 is 0 Å². The third-order valence-electron chi connectivity index (χ3n) is 6.58. The first-order valence-electron chi connectivity index (χ1n) is 11.3. The zero-order valence-corrected chi connectivity index (χ0v) is 21.3. The molecule has 2 unspecified atom stereocenters. The quantitative estimate of drug-likeness (QED) is 0.495. The summed E-state index contributed by atoms with van der Waals surface area (Å²) in [5.41, 5.74) is 5.88. The summed E-state index contributed by atoms with van der Waals surface area (Å²) in [6, 6.07) is 19.0. The van der Waals surface area contributed by atoms with Crippen molar-refractivity contribution < 1.29 is 33.4 Å². The van der Waals surface area contributed by atoms with Crippen molar-refractivity contribution in [1.29, 1.82) is 0 Å². The van der Waals surface area contributed by atoms with Gasteiger partial charge in [-0.1, -0.05) is 61.2 Å². The summed E-state index contributed by atoms with van der Waals surface area (Å²) in [6.07, 6.45) is 7.25. The number of aromatic nitrogens is 1. The Morgan fingerprint density at radius 3 is 2.44 bits per heavy atom. The largest absolute Gasteiger partial charge is 0.331 e. The number of hydrogen-bond donors (Lipinski definition) is 0. The van der Waals surface area contributed by atoms with Crippen molar-refractivity contribution in [3.63, 3.8) is 0 Å². The van der Waals surface area contributed by atoms with E-state index in [1.165, 1.54) is 67.7 Å². The zero-order chi connectivity index (χ0) is 24.0. The van der Waals surface area contributed by atoms with Gasteiger partial charge in [-0.15, -0.1) is 10.2 Å². The summed E-state index contributed by atoms with van der Waals surface area (Å²) in [4.78, 5) is 4.02. The molecule has 0 spiro atoms. The molecule has 0 aliphatic carbocycles. The number of halogens is 1. The highest BCUT2D eigenvalue weighted by molar-refractivity contribution is 8.03. The second-order valence-electron chi connectivity index (χ2n) is 8.60. The van der Waals surface area contributed by atoms with Crippen LogP contribution in [0.5, 0.6) is 0 Å². The number of hydrogen-bond acceptors (Lipinski definition) is 7. The third kappa shape index (κ3) is 4.40. The fourth-order valence-corrected chi connectivity index (χ4v) is 7.64. The Bertz CT molecular complexity index is 1290. The van der Waals surface area contributed by atoms with E-state index in [-0.39, 0.29) is 0 Å². The fourth-order valence-electron chi connectivity index (χ4n) is 5.15. The second-order valence-corrected chi connectivity index (χ2v) is 11.4. The molecule has 1 aromatic heterocycles. The molecular weight excluding hydrogens is 492 g/mol. The predicted octanol–water partition coefficient (Wildman–Crippen LogP) is 2.18. The summed E-state index contributed by atoms with van der Waals surface area (Å²) in [5.74, 6) is 0. The minimum Gasteiger partial charge on any atom is -0.331 e. The minimum atomic E-state index is -4.94. The molecule has 6 nitrogen and oxygen atoms in total. The first-order valence-corrected chi connectivity index (χ1v) is 14.2. The summed E-state index contributed by atoms with van der Waals surface area (Å²) < 4.78 is 38.0. The van der Waals surface area contributed by atoms with Crippen LogP contribution >= 0.6 is 23.1 Å². The van der Waals surface area contributed by atoms with Crippen LogP contribution in [0.15, 0.2) is 70.1 Å². The summed E-state index contributed by atoms with van der Waals surface area (Å²) >= 11 is 3.94. The molecule has 2 atom stereocenters. The minimum absolute atomic E-state index is 0.589. The SMILES string of the molecule is CCC1CC(C=C2CC(CC)[n+]3c2sc2ccccc23)=C2Sc3ccccc3N21.[O-][Cl+3]([O-])([O-])[O-]. The highest BCUT2D eigenvalue weighted by Gasteiger charge is 2.41. The number of thiazole rings is 1. The molecular formula is C25H25ClN2O4S2. The van der Waals surface area contributed by atoms with E-state index in [9.17, 15) is 0 Å². The van der Waals surface area contributed by atoms with Crippen molar-refractivity contribution >= 4 is 44.6 Å². The van der Waals surface area contributed by atoms with Crippen molar-refractivity contribution in [2.45, 2.75) is 56.5 Å². The zero-order valence-electron chi connectivity index (χ0n) is 18.9. The lowest BCUT2D eigenvalue weighted by Gasteiger charge is -2.23. The number of thioether (sulfide) groups is 1. The standard InChI is InChI=1S/C25H25N2S2.ClHO4/c1-3-18-14-16(24-26(18)20-9-5-7-11-22(20)28-24)13-17-15-19(4-2)27-21-10-6-8-12-23(21)29-25(17)27;2-1(3,4)5/h5-13,18-19H,3-4,14-15H2,1-2H3;(H,2,3,4,5)/q+1;/p-1. The number of fused-ring (bicyclic) bond motifs is 6. The summed E-state index contributed by atoms with van der Waals surface area (Å²) in [7, 11) is -4.94. The van der Waals surface area contributed by atoms with Gasteiger partial charge in [-0.3, -0.25) is 0 Å². The maximum atomic E-state index is 8.49. The number of anilines is 1. The Morgan fingerprint density at radius 2 is 1.71 bits per heavy atom. The monoisotopic (exact) mass is 516 g/mol. The highest BCUT2D eigenvalue weighted by Crippen LogP contribution is 2.54. The van der Waals surface area contributed by atoms with Crippen LogP contribution in [0.25, 0.3) is 15.8 Å². The van der Waals surface area contributed by atoms with Gasteiger partial charge in [0.25, 0.3) is 5.01 Å². The molecule has 0 saturated heterocycles. The molecule has 34 heavy (non-hydrogen) atoms. The Hall–Kier alpha value is -1.91. The van der Waals surface area contributed by atoms with Crippen LogP contribution in [0, 0.1) is 10.2 Å². The average molecular weight is 517 g/mol. The third-order valence-corrected chi connectivity index (χ3v) is 9.02. The number of nitrogens with zero attached hydrogens (tertiary/aromatic N) is 2. The molecule has 0 fully saturated rings. The van der Waals surface area contributed by atoms with E-state index < -0.39 is 10.2 Å². The molecule has 9 heteroatoms. The number of para-hydroxylation sites is 2. The van der Waals surface area contributed by atoms with Crippen LogP contribution in [-0.2, 0) is 0 Å². The first-order chi connectivity index (χ1) is 16.3. The Kier molecular flexibility index (Phi) is 6.50. The number of benzene rings is 2. The van der Waals surface area contributed by atoms with E-state index in [1.807, 2.05) is 23.1 Å². The van der Waals surface area contributed by atoms with E-state index in [4.69, 9.17) is 18.6 Å². The van der Waals surface area contributed by atoms with E-state index in [2.05, 4.69) is 77.9 Å². The molecule has 0 radical (unpaired) electrons. The van der Waals surface area contributed by atoms with Crippen LogP contribution in [-0.4, -0.2) is 6.04 Å². The Morgan fingerprint density at radius 1 is 1.00 bits per heavy atom. The lowest BCUT2D eigenvalue weighted by atomic mass is 10.0. The number of rotatable bonds is 3. The van der Waals surface area contributed by atoms with Gasteiger partial charge in [-0.05, 0) is 42.7 Å². The first kappa shape index (κ1) is 23.8. The molecule has 4 heterocycles. The lowest BCUT2D eigenvalue weighted by molar-refractivity contribution is -2.00. The molecule has 3 aliphatic heterocycles. The van der Waals surface area contributed by atoms with Crippen molar-refractivity contribution in [2.75, 3.05) is 4.90 Å². The van der Waals surface area contributed by atoms with Crippen molar-refractivity contribution in [3.05, 3.63) is 70.2 Å². The maximum Gasteiger partial charge on any atom is 0.266 e. The summed E-state index contributed by atoms with van der Waals surface area (Å²) in [6.45, 7) is 4.65. The van der Waals surface area contributed by atoms with E-state index in [1.54, 1.807) is 0 Å². The van der Waals surface area contributed by atoms with Gasteiger partial charge in [0.05, 0.1) is 10.7 Å². The molecule has 0 saturated carbocycles. The predicted molar refractivity (Wildman–Crippen MR) is 124 cm³/mol. The Labute approximate surface area is 209 Å². The topological polar surface area (TPSA) is 99.4 Å². The van der Waals surface area contributed by atoms with Gasteiger partial charge in [-0.2, -0.15) is 4.57 Å². The molecule has 6 rings (SSSR count). The molecule has 178 valence electrons. The molecule has 0 N–H and O–H groups in total. The van der Waals surface area contributed by atoms with E-state index in [0.717, 1.165) is 0 Å². The van der Waals surface area contributed by atoms with Crippen LogP contribution in [0.1, 0.15) is 50.6 Å². The van der Waals surface area contributed by atoms with Crippen LogP contribution in [0.4, 0.5) is 5.69 Å². The Balaban J connectivity index is 0.000000439. The number of allylic oxidation sites excluding steroid dienone is 2. The van der Waals surface area contributed by atoms with Gasteiger partial charge >= 0.3 is 0 Å². The van der Waals surface area contributed by atoms with Crippen molar-refractivity contribution in [3.8, 4) is 0 Å². The van der Waals surface area contributed by atoms with Crippen molar-refractivity contribution in [1.82, 2.24) is 0 Å². The molecule has 0 amide bonds. The maximum absolute atomic E-state index is 8.49. The van der Waals surface area contributed by atoms with Gasteiger partial charge in [0.2, 0.25) is 5.52 Å². The molecule has 0 bridgehead atoms. The normalized spacial score (nSPS) is 22.2. The van der Waals surface area contributed by atoms with Gasteiger partial charge in [0, 0.05) is 35.4 Å². The lowest BCUT2D eigenvalue weighted by Crippen LogP contribution is -2.68. The van der Waals surface area contributed by atoms with Gasteiger partial charge in [0.15, 0.2) is 6.04 Å².